The van der Waals surface area contributed by atoms with Crippen molar-refractivity contribution in [1.82, 2.24) is 0 Å². The summed E-state index contributed by atoms with van der Waals surface area (Å²) in [6.45, 7) is 0.726. The summed E-state index contributed by atoms with van der Waals surface area (Å²) < 4.78 is 32.4. The van der Waals surface area contributed by atoms with Crippen molar-refractivity contribution < 1.29 is 18.6 Å². The summed E-state index contributed by atoms with van der Waals surface area (Å²) in [4.78, 5) is 0. The number of halogens is 2. The molecule has 0 heterocycles. The molecule has 0 aromatic heterocycles. The molecule has 0 spiro atoms. The summed E-state index contributed by atoms with van der Waals surface area (Å²) in [6.07, 6.45) is 1.48. The number of hydrogen-bond donors (Lipinski definition) is 2. The van der Waals surface area contributed by atoms with Gasteiger partial charge in [0, 0.05) is 13.2 Å². The van der Waals surface area contributed by atoms with E-state index in [-0.39, 0.29) is 24.4 Å². The van der Waals surface area contributed by atoms with E-state index in [1.807, 2.05) is 0 Å². The highest BCUT2D eigenvalue weighted by Crippen LogP contribution is 2.28. The zero-order valence-corrected chi connectivity index (χ0v) is 10.9. The molecule has 20 heavy (non-hydrogen) atoms. The van der Waals surface area contributed by atoms with Gasteiger partial charge in [-0.3, -0.25) is 0 Å². The third-order valence-corrected chi connectivity index (χ3v) is 3.05. The van der Waals surface area contributed by atoms with Crippen LogP contribution in [0.4, 0.5) is 14.5 Å². The minimum atomic E-state index is -0.854. The number of benzene rings is 1. The topological polar surface area (TPSA) is 65.3 Å². The van der Waals surface area contributed by atoms with Gasteiger partial charge in [-0.15, -0.1) is 0 Å². The van der Waals surface area contributed by atoms with E-state index >= 15 is 0 Å². The van der Waals surface area contributed by atoms with Crippen molar-refractivity contribution in [3.8, 4) is 6.07 Å². The van der Waals surface area contributed by atoms with Gasteiger partial charge in [0.15, 0.2) is 11.6 Å². The minimum absolute atomic E-state index is 0.0234. The van der Waals surface area contributed by atoms with E-state index in [2.05, 4.69) is 5.32 Å². The van der Waals surface area contributed by atoms with Crippen LogP contribution in [0.3, 0.4) is 0 Å². The van der Waals surface area contributed by atoms with Crippen molar-refractivity contribution in [3.63, 3.8) is 0 Å². The number of aliphatic hydroxyl groups excluding tert-OH is 1. The van der Waals surface area contributed by atoms with Crippen LogP contribution in [0.5, 0.6) is 0 Å². The highest BCUT2D eigenvalue weighted by atomic mass is 19.1. The third kappa shape index (κ3) is 4.15. The molecule has 1 unspecified atom stereocenters. The van der Waals surface area contributed by atoms with Crippen molar-refractivity contribution in [2.24, 2.45) is 5.92 Å². The average Bonchev–Trinajstić information content (AvgIpc) is 3.21. The van der Waals surface area contributed by atoms with E-state index in [0.29, 0.717) is 12.5 Å². The van der Waals surface area contributed by atoms with Crippen LogP contribution in [-0.2, 0) is 4.74 Å². The maximum absolute atomic E-state index is 13.5. The Hall–Kier alpha value is -1.71. The lowest BCUT2D eigenvalue weighted by Gasteiger charge is -2.14. The van der Waals surface area contributed by atoms with Crippen LogP contribution >= 0.6 is 0 Å². The molecule has 1 aromatic carbocycles. The van der Waals surface area contributed by atoms with Gasteiger partial charge in [-0.05, 0) is 30.9 Å². The van der Waals surface area contributed by atoms with Crippen molar-refractivity contribution in [3.05, 3.63) is 29.3 Å². The van der Waals surface area contributed by atoms with Gasteiger partial charge in [-0.25, -0.2) is 8.78 Å². The van der Waals surface area contributed by atoms with Crippen LogP contribution < -0.4 is 5.32 Å². The predicted molar refractivity (Wildman–Crippen MR) is 69.1 cm³/mol. The molecule has 1 aliphatic rings. The van der Waals surface area contributed by atoms with Gasteiger partial charge in [-0.1, -0.05) is 0 Å². The van der Waals surface area contributed by atoms with Gasteiger partial charge < -0.3 is 15.2 Å². The van der Waals surface area contributed by atoms with E-state index in [0.717, 1.165) is 25.0 Å². The smallest absolute Gasteiger partial charge is 0.150 e. The Morgan fingerprint density at radius 2 is 2.05 bits per heavy atom. The van der Waals surface area contributed by atoms with Crippen LogP contribution in [0.1, 0.15) is 18.4 Å². The molecule has 108 valence electrons. The molecule has 2 N–H and O–H groups in total. The van der Waals surface area contributed by atoms with E-state index in [1.165, 1.54) is 0 Å². The summed E-state index contributed by atoms with van der Waals surface area (Å²) in [5, 5.41) is 20.7. The lowest BCUT2D eigenvalue weighted by atomic mass is 10.2. The number of rotatable bonds is 7. The Morgan fingerprint density at radius 3 is 2.60 bits per heavy atom. The van der Waals surface area contributed by atoms with Crippen LogP contribution in [0.15, 0.2) is 12.1 Å². The number of nitrogens with zero attached hydrogens (tertiary/aromatic N) is 1. The predicted octanol–water partition coefficient (Wildman–Crippen LogP) is 2.04. The Morgan fingerprint density at radius 1 is 1.40 bits per heavy atom. The van der Waals surface area contributed by atoms with Crippen molar-refractivity contribution >= 4 is 5.69 Å². The molecular weight excluding hydrogens is 266 g/mol. The number of ether oxygens (including phenoxy) is 1. The number of nitriles is 1. The van der Waals surface area contributed by atoms with Crippen molar-refractivity contribution in [2.75, 3.05) is 25.1 Å². The molecule has 6 heteroatoms. The Kier molecular flexibility index (Phi) is 4.88. The van der Waals surface area contributed by atoms with Crippen molar-refractivity contribution in [2.45, 2.75) is 18.9 Å². The molecular formula is C14H16F2N2O2. The maximum Gasteiger partial charge on any atom is 0.150 e. The highest BCUT2D eigenvalue weighted by molar-refractivity contribution is 5.50. The third-order valence-electron chi connectivity index (χ3n) is 3.05. The molecule has 0 amide bonds. The molecule has 1 saturated carbocycles. The molecule has 0 radical (unpaired) electrons. The molecule has 4 nitrogen and oxygen atoms in total. The summed E-state index contributed by atoms with van der Waals surface area (Å²) in [7, 11) is 0. The van der Waals surface area contributed by atoms with Crippen LogP contribution in [0, 0.1) is 28.9 Å². The first-order valence-corrected chi connectivity index (χ1v) is 6.49. The van der Waals surface area contributed by atoms with E-state index < -0.39 is 17.7 Å². The molecule has 2 rings (SSSR count). The van der Waals surface area contributed by atoms with E-state index in [4.69, 9.17) is 10.00 Å². The van der Waals surface area contributed by atoms with Gasteiger partial charge in [0.05, 0.1) is 24.3 Å². The fourth-order valence-electron chi connectivity index (χ4n) is 1.74. The second-order valence-electron chi connectivity index (χ2n) is 4.94. The lowest BCUT2D eigenvalue weighted by molar-refractivity contribution is 0.0385. The molecule has 1 aromatic rings. The summed E-state index contributed by atoms with van der Waals surface area (Å²) >= 11 is 0. The summed E-state index contributed by atoms with van der Waals surface area (Å²) in [5.41, 5.74) is -0.427. The van der Waals surface area contributed by atoms with Gasteiger partial charge in [0.2, 0.25) is 0 Å². The van der Waals surface area contributed by atoms with E-state index in [1.54, 1.807) is 6.07 Å². The van der Waals surface area contributed by atoms with E-state index in [9.17, 15) is 13.9 Å². The maximum atomic E-state index is 13.5. The Balaban J connectivity index is 1.81. The standard InChI is InChI=1S/C14H16F2N2O2/c15-12-3-10(5-17)4-13(16)14(12)18-6-11(19)8-20-7-9-1-2-9/h3-4,9,11,18-19H,1-2,6-8H2. The minimum Gasteiger partial charge on any atom is -0.389 e. The number of hydrogen-bond acceptors (Lipinski definition) is 4. The fraction of sp³-hybridized carbons (Fsp3) is 0.500. The van der Waals surface area contributed by atoms with Gasteiger partial charge in [0.1, 0.15) is 5.69 Å². The Labute approximate surface area is 116 Å². The number of anilines is 1. The van der Waals surface area contributed by atoms with Gasteiger partial charge >= 0.3 is 0 Å². The molecule has 1 fully saturated rings. The molecule has 0 saturated heterocycles. The first kappa shape index (κ1) is 14.7. The highest BCUT2D eigenvalue weighted by Gasteiger charge is 2.21. The quantitative estimate of drug-likeness (QED) is 0.803. The molecule has 0 bridgehead atoms. The lowest BCUT2D eigenvalue weighted by Crippen LogP contribution is -2.26. The second kappa shape index (κ2) is 6.64. The monoisotopic (exact) mass is 282 g/mol. The number of aliphatic hydroxyl groups is 1. The molecule has 1 atom stereocenters. The molecule has 0 aliphatic heterocycles. The Bertz CT molecular complexity index is 489. The fourth-order valence-corrected chi connectivity index (χ4v) is 1.74. The second-order valence-corrected chi connectivity index (χ2v) is 4.94. The average molecular weight is 282 g/mol. The SMILES string of the molecule is N#Cc1cc(F)c(NCC(O)COCC2CC2)c(F)c1. The molecule has 1 aliphatic carbocycles. The number of nitrogens with one attached hydrogen (secondary N) is 1. The van der Waals surface area contributed by atoms with Crippen LogP contribution in [0.25, 0.3) is 0 Å². The van der Waals surface area contributed by atoms with Gasteiger partial charge in [-0.2, -0.15) is 5.26 Å². The largest absolute Gasteiger partial charge is 0.389 e. The zero-order valence-electron chi connectivity index (χ0n) is 10.9. The first-order valence-electron chi connectivity index (χ1n) is 6.49. The van der Waals surface area contributed by atoms with Crippen molar-refractivity contribution in [1.29, 1.82) is 5.26 Å². The summed E-state index contributed by atoms with van der Waals surface area (Å²) in [6, 6.07) is 3.56. The summed E-state index contributed by atoms with van der Waals surface area (Å²) in [5.74, 6) is -1.11. The van der Waals surface area contributed by atoms with Crippen LogP contribution in [0.2, 0.25) is 0 Å². The van der Waals surface area contributed by atoms with Gasteiger partial charge in [0.25, 0.3) is 0 Å². The normalized spacial score (nSPS) is 15.7. The zero-order chi connectivity index (χ0) is 14.5. The first-order chi connectivity index (χ1) is 9.60. The van der Waals surface area contributed by atoms with Crippen LogP contribution in [-0.4, -0.2) is 31.0 Å².